The predicted octanol–water partition coefficient (Wildman–Crippen LogP) is 7.22. The van der Waals surface area contributed by atoms with Crippen LogP contribution in [0.4, 0.5) is 0 Å². The van der Waals surface area contributed by atoms with E-state index in [1.165, 1.54) is 0 Å². The maximum atomic E-state index is 15.2. The number of unbranched alkanes of at least 4 members (excludes halogenated alkanes) is 1. The summed E-state index contributed by atoms with van der Waals surface area (Å²) in [6, 6.07) is 26.9. The Labute approximate surface area is 304 Å². The molecule has 51 heavy (non-hydrogen) atoms. The maximum absolute atomic E-state index is 15.2. The number of methoxy groups -OCH3 is 2. The minimum atomic E-state index is -1.25. The number of rotatable bonds is 19. The number of carbonyl (C=O) groups is 2. The lowest BCUT2D eigenvalue weighted by molar-refractivity contribution is -0.146. The van der Waals surface area contributed by atoms with Gasteiger partial charge in [-0.05, 0) is 94.3 Å². The van der Waals surface area contributed by atoms with Gasteiger partial charge in [0.05, 0.1) is 39.9 Å². The molecule has 3 aromatic carbocycles. The molecule has 1 fully saturated rings. The van der Waals surface area contributed by atoms with Crippen molar-refractivity contribution in [3.63, 3.8) is 0 Å². The molecule has 0 spiro atoms. The second-order valence-electron chi connectivity index (χ2n) is 13.1. The summed E-state index contributed by atoms with van der Waals surface area (Å²) >= 11 is 0. The molecule has 0 saturated carbocycles. The molecule has 0 aliphatic carbocycles. The Hall–Kier alpha value is -4.00. The summed E-state index contributed by atoms with van der Waals surface area (Å²) in [5, 5.41) is 8.99. The van der Waals surface area contributed by atoms with Gasteiger partial charge in [0.15, 0.2) is 0 Å². The van der Waals surface area contributed by atoms with Crippen LogP contribution < -0.4 is 15.0 Å². The number of benzene rings is 3. The van der Waals surface area contributed by atoms with E-state index in [2.05, 4.69) is 43.9 Å². The van der Waals surface area contributed by atoms with Gasteiger partial charge in [-0.2, -0.15) is 5.26 Å². The van der Waals surface area contributed by atoms with Gasteiger partial charge in [-0.25, -0.2) is 5.48 Å². The number of nitriles is 1. The van der Waals surface area contributed by atoms with Crippen LogP contribution in [0.2, 0.25) is 0 Å². The fourth-order valence-corrected chi connectivity index (χ4v) is 9.22. The van der Waals surface area contributed by atoms with E-state index in [1.807, 2.05) is 78.9 Å². The van der Waals surface area contributed by atoms with Crippen LogP contribution in [-0.4, -0.2) is 79.7 Å². The molecule has 274 valence electrons. The van der Waals surface area contributed by atoms with E-state index in [0.29, 0.717) is 62.6 Å². The molecule has 11 heteroatoms. The first kappa shape index (κ1) is 39.8. The zero-order valence-corrected chi connectivity index (χ0v) is 31.7. The topological polar surface area (TPSA) is 113 Å². The Kier molecular flexibility index (Phi) is 15.3. The van der Waals surface area contributed by atoms with Crippen molar-refractivity contribution in [2.75, 3.05) is 40.1 Å². The van der Waals surface area contributed by atoms with Gasteiger partial charge in [0.2, 0.25) is 5.91 Å². The molecular formula is C40H53N4O6P. The van der Waals surface area contributed by atoms with Crippen molar-refractivity contribution in [2.45, 2.75) is 83.3 Å². The van der Waals surface area contributed by atoms with Crippen LogP contribution in [-0.2, 0) is 24.4 Å². The SMILES string of the molecule is COc1ccc(C(C(=O)N2CCC[C@H]2C(=O)NOCCCCP(OCCC#N)N(C(C)C)C(C)C)(c2ccccc2)c2ccc(OC)cc2)cc1. The lowest BCUT2D eigenvalue weighted by Gasteiger charge is -2.39. The highest BCUT2D eigenvalue weighted by Gasteiger charge is 2.49. The number of amides is 2. The summed E-state index contributed by atoms with van der Waals surface area (Å²) in [5.74, 6) is 0.837. The number of hydrogen-bond donors (Lipinski definition) is 1. The van der Waals surface area contributed by atoms with Gasteiger partial charge in [-0.15, -0.1) is 0 Å². The molecule has 3 aromatic rings. The average molecular weight is 717 g/mol. The van der Waals surface area contributed by atoms with Gasteiger partial charge < -0.3 is 18.9 Å². The molecule has 1 heterocycles. The Balaban J connectivity index is 1.51. The van der Waals surface area contributed by atoms with Crippen LogP contribution in [0, 0.1) is 11.3 Å². The zero-order chi connectivity index (χ0) is 36.8. The summed E-state index contributed by atoms with van der Waals surface area (Å²) in [6.07, 6.45) is 4.01. The normalized spacial score (nSPS) is 15.2. The molecule has 4 rings (SSSR count). The Morgan fingerprint density at radius 2 is 1.45 bits per heavy atom. The first-order chi connectivity index (χ1) is 24.7. The highest BCUT2D eigenvalue weighted by Crippen LogP contribution is 2.46. The van der Waals surface area contributed by atoms with Gasteiger partial charge in [0.1, 0.15) is 31.3 Å². The van der Waals surface area contributed by atoms with Crippen LogP contribution in [0.5, 0.6) is 11.5 Å². The van der Waals surface area contributed by atoms with E-state index >= 15 is 4.79 Å². The first-order valence-corrected chi connectivity index (χ1v) is 19.2. The van der Waals surface area contributed by atoms with E-state index in [9.17, 15) is 4.79 Å². The number of ether oxygens (including phenoxy) is 2. The summed E-state index contributed by atoms with van der Waals surface area (Å²) in [4.78, 5) is 36.3. The molecule has 2 atom stereocenters. The van der Waals surface area contributed by atoms with Crippen molar-refractivity contribution in [3.8, 4) is 17.6 Å². The molecule has 10 nitrogen and oxygen atoms in total. The summed E-state index contributed by atoms with van der Waals surface area (Å²) < 4.78 is 19.5. The van der Waals surface area contributed by atoms with E-state index in [-0.39, 0.29) is 11.8 Å². The third-order valence-electron chi connectivity index (χ3n) is 9.18. The van der Waals surface area contributed by atoms with E-state index < -0.39 is 19.8 Å². The van der Waals surface area contributed by atoms with Crippen molar-refractivity contribution >= 4 is 20.1 Å². The summed E-state index contributed by atoms with van der Waals surface area (Å²) in [6.45, 7) is 9.85. The van der Waals surface area contributed by atoms with Crippen LogP contribution in [0.15, 0.2) is 78.9 Å². The summed E-state index contributed by atoms with van der Waals surface area (Å²) in [5.41, 5.74) is 3.72. The predicted molar refractivity (Wildman–Crippen MR) is 200 cm³/mol. The second-order valence-corrected chi connectivity index (χ2v) is 15.0. The molecule has 2 amide bonds. The van der Waals surface area contributed by atoms with Crippen molar-refractivity contribution in [1.82, 2.24) is 15.1 Å². The van der Waals surface area contributed by atoms with Crippen LogP contribution in [0.1, 0.15) is 76.5 Å². The zero-order valence-electron chi connectivity index (χ0n) is 30.8. The first-order valence-electron chi connectivity index (χ1n) is 17.8. The maximum Gasteiger partial charge on any atom is 0.266 e. The van der Waals surface area contributed by atoms with Gasteiger partial charge in [0.25, 0.3) is 5.91 Å². The molecule has 1 unspecified atom stereocenters. The molecule has 1 aliphatic heterocycles. The number of hydrogen-bond acceptors (Lipinski definition) is 8. The van der Waals surface area contributed by atoms with Crippen molar-refractivity contribution < 1.29 is 28.4 Å². The third-order valence-corrected chi connectivity index (χ3v) is 11.8. The van der Waals surface area contributed by atoms with Crippen molar-refractivity contribution in [3.05, 3.63) is 95.6 Å². The number of likely N-dealkylation sites (tertiary alicyclic amines) is 1. The average Bonchev–Trinajstić information content (AvgIpc) is 3.64. The molecule has 1 aliphatic rings. The second kappa shape index (κ2) is 19.6. The lowest BCUT2D eigenvalue weighted by atomic mass is 9.68. The lowest BCUT2D eigenvalue weighted by Crippen LogP contribution is -2.54. The number of carbonyl (C=O) groups excluding carboxylic acids is 2. The molecule has 1 saturated heterocycles. The molecule has 0 aromatic heterocycles. The molecule has 1 N–H and O–H groups in total. The summed E-state index contributed by atoms with van der Waals surface area (Å²) in [7, 11) is 2.36. The van der Waals surface area contributed by atoms with Crippen LogP contribution in [0.3, 0.4) is 0 Å². The fraction of sp³-hybridized carbons (Fsp3) is 0.475. The fourth-order valence-electron chi connectivity index (χ4n) is 6.90. The van der Waals surface area contributed by atoms with Gasteiger partial charge in [-0.1, -0.05) is 54.6 Å². The van der Waals surface area contributed by atoms with Crippen LogP contribution >= 0.6 is 8.30 Å². The smallest absolute Gasteiger partial charge is 0.266 e. The molecular weight excluding hydrogens is 663 g/mol. The monoisotopic (exact) mass is 716 g/mol. The number of hydroxylamine groups is 1. The minimum Gasteiger partial charge on any atom is -0.497 e. The van der Waals surface area contributed by atoms with Gasteiger partial charge in [0, 0.05) is 24.8 Å². The standard InChI is InChI=1S/C40H53N4O6P/c1-30(2)44(31(3)4)51(50-28-13-25-41)29-11-10-27-49-42-38(45)37-16-12-26-43(37)39(46)40(32-14-8-7-9-15-32,33-17-21-35(47-5)22-18-33)34-19-23-36(48-6)24-20-34/h7-9,14-15,17-24,30-31,37H,10-13,16,26-29H2,1-6H3,(H,42,45)/t37-,51?/m0/s1. The van der Waals surface area contributed by atoms with E-state index in [0.717, 1.165) is 35.7 Å². The van der Waals surface area contributed by atoms with Crippen molar-refractivity contribution in [2.24, 2.45) is 0 Å². The highest BCUT2D eigenvalue weighted by molar-refractivity contribution is 7.50. The third kappa shape index (κ3) is 9.66. The minimum absolute atomic E-state index is 0.189. The molecule has 0 bridgehead atoms. The Morgan fingerprint density at radius 3 is 1.98 bits per heavy atom. The van der Waals surface area contributed by atoms with E-state index in [1.54, 1.807) is 19.1 Å². The highest BCUT2D eigenvalue weighted by atomic mass is 31.2. The quantitative estimate of drug-likeness (QED) is 0.0599. The Bertz CT molecular complexity index is 1510. The van der Waals surface area contributed by atoms with Gasteiger partial charge >= 0.3 is 0 Å². The van der Waals surface area contributed by atoms with Crippen molar-refractivity contribution in [1.29, 1.82) is 5.26 Å². The molecule has 0 radical (unpaired) electrons. The largest absolute Gasteiger partial charge is 0.497 e. The number of nitrogens with zero attached hydrogens (tertiary/aromatic N) is 3. The Morgan fingerprint density at radius 1 is 0.882 bits per heavy atom. The number of nitrogens with one attached hydrogen (secondary N) is 1. The van der Waals surface area contributed by atoms with Crippen LogP contribution in [0.25, 0.3) is 0 Å². The van der Waals surface area contributed by atoms with E-state index in [4.69, 9.17) is 24.1 Å². The van der Waals surface area contributed by atoms with Gasteiger partial charge in [-0.3, -0.25) is 19.1 Å².